The summed E-state index contributed by atoms with van der Waals surface area (Å²) in [7, 11) is 1.61. The standard InChI is InChI=1S/C15H14OS/c1-16-15(17)14-10-6-5-9-13(14)11-12-7-3-2-4-8-12/h2-10H,11H2,1H3. The summed E-state index contributed by atoms with van der Waals surface area (Å²) in [5.41, 5.74) is 3.48. The van der Waals surface area contributed by atoms with Crippen molar-refractivity contribution in [3.63, 3.8) is 0 Å². The molecule has 0 aliphatic heterocycles. The lowest BCUT2D eigenvalue weighted by Gasteiger charge is -2.09. The molecule has 0 amide bonds. The number of thiocarbonyl (C=S) groups is 1. The Morgan fingerprint density at radius 1 is 1.00 bits per heavy atom. The average Bonchev–Trinajstić information content (AvgIpc) is 2.40. The Bertz CT molecular complexity index is 505. The molecular weight excluding hydrogens is 228 g/mol. The lowest BCUT2D eigenvalue weighted by atomic mass is 10.0. The van der Waals surface area contributed by atoms with Crippen molar-refractivity contribution in [1.82, 2.24) is 0 Å². The summed E-state index contributed by atoms with van der Waals surface area (Å²) in [5.74, 6) is 0. The Morgan fingerprint density at radius 3 is 2.35 bits per heavy atom. The smallest absolute Gasteiger partial charge is 0.191 e. The number of ether oxygens (including phenoxy) is 1. The fourth-order valence-electron chi connectivity index (χ4n) is 1.80. The van der Waals surface area contributed by atoms with E-state index in [-0.39, 0.29) is 0 Å². The summed E-state index contributed by atoms with van der Waals surface area (Å²) < 4.78 is 5.15. The van der Waals surface area contributed by atoms with E-state index < -0.39 is 0 Å². The van der Waals surface area contributed by atoms with Gasteiger partial charge in [0, 0.05) is 5.56 Å². The third-order valence-electron chi connectivity index (χ3n) is 2.66. The van der Waals surface area contributed by atoms with Gasteiger partial charge in [0.15, 0.2) is 5.05 Å². The van der Waals surface area contributed by atoms with Crippen LogP contribution in [0.3, 0.4) is 0 Å². The van der Waals surface area contributed by atoms with Crippen LogP contribution in [-0.2, 0) is 11.2 Å². The van der Waals surface area contributed by atoms with Gasteiger partial charge in [-0.15, -0.1) is 0 Å². The van der Waals surface area contributed by atoms with Crippen LogP contribution < -0.4 is 0 Å². The van der Waals surface area contributed by atoms with Crippen LogP contribution in [0.25, 0.3) is 0 Å². The van der Waals surface area contributed by atoms with E-state index in [1.807, 2.05) is 36.4 Å². The topological polar surface area (TPSA) is 9.23 Å². The lowest BCUT2D eigenvalue weighted by molar-refractivity contribution is 0.415. The SMILES string of the molecule is COC(=S)c1ccccc1Cc1ccccc1. The van der Waals surface area contributed by atoms with E-state index in [0.717, 1.165) is 12.0 Å². The number of hydrogen-bond acceptors (Lipinski definition) is 2. The monoisotopic (exact) mass is 242 g/mol. The molecule has 2 aromatic carbocycles. The van der Waals surface area contributed by atoms with Crippen molar-refractivity contribution in [3.05, 3.63) is 71.3 Å². The third-order valence-corrected chi connectivity index (χ3v) is 3.05. The maximum absolute atomic E-state index is 5.20. The predicted octanol–water partition coefficient (Wildman–Crippen LogP) is 3.60. The first-order chi connectivity index (χ1) is 8.31. The molecule has 0 spiro atoms. The van der Waals surface area contributed by atoms with E-state index in [1.165, 1.54) is 11.1 Å². The van der Waals surface area contributed by atoms with Gasteiger partial charge in [0.25, 0.3) is 0 Å². The molecule has 0 aliphatic carbocycles. The molecular formula is C15H14OS. The minimum Gasteiger partial charge on any atom is -0.486 e. The second-order valence-corrected chi connectivity index (χ2v) is 4.18. The van der Waals surface area contributed by atoms with Crippen LogP contribution in [0.2, 0.25) is 0 Å². The highest BCUT2D eigenvalue weighted by atomic mass is 32.1. The zero-order chi connectivity index (χ0) is 12.1. The van der Waals surface area contributed by atoms with Crippen molar-refractivity contribution in [2.24, 2.45) is 0 Å². The van der Waals surface area contributed by atoms with Crippen molar-refractivity contribution >= 4 is 17.3 Å². The molecule has 0 radical (unpaired) electrons. The Balaban J connectivity index is 2.30. The fraction of sp³-hybridized carbons (Fsp3) is 0.133. The first-order valence-corrected chi connectivity index (χ1v) is 5.92. The van der Waals surface area contributed by atoms with E-state index >= 15 is 0 Å². The van der Waals surface area contributed by atoms with Crippen LogP contribution in [0.4, 0.5) is 0 Å². The van der Waals surface area contributed by atoms with Crippen LogP contribution >= 0.6 is 12.2 Å². The molecule has 0 saturated carbocycles. The van der Waals surface area contributed by atoms with Crippen molar-refractivity contribution in [2.75, 3.05) is 7.11 Å². The molecule has 17 heavy (non-hydrogen) atoms. The minimum atomic E-state index is 0.552. The Morgan fingerprint density at radius 2 is 1.65 bits per heavy atom. The van der Waals surface area contributed by atoms with Gasteiger partial charge in [0.1, 0.15) is 0 Å². The molecule has 0 aromatic heterocycles. The van der Waals surface area contributed by atoms with Crippen molar-refractivity contribution in [3.8, 4) is 0 Å². The molecule has 0 fully saturated rings. The molecule has 86 valence electrons. The predicted molar refractivity (Wildman–Crippen MR) is 74.4 cm³/mol. The number of benzene rings is 2. The third kappa shape index (κ3) is 2.92. The molecule has 0 aliphatic rings. The van der Waals surface area contributed by atoms with Gasteiger partial charge in [-0.2, -0.15) is 0 Å². The highest BCUT2D eigenvalue weighted by Crippen LogP contribution is 2.15. The Hall–Kier alpha value is -1.67. The summed E-state index contributed by atoms with van der Waals surface area (Å²) in [6.45, 7) is 0. The second-order valence-electron chi connectivity index (χ2n) is 3.81. The largest absolute Gasteiger partial charge is 0.486 e. The normalized spacial score (nSPS) is 9.94. The summed E-state index contributed by atoms with van der Waals surface area (Å²) >= 11 is 5.20. The number of hydrogen-bond donors (Lipinski definition) is 0. The van der Waals surface area contributed by atoms with Crippen molar-refractivity contribution in [2.45, 2.75) is 6.42 Å². The first kappa shape index (κ1) is 11.8. The highest BCUT2D eigenvalue weighted by molar-refractivity contribution is 7.80. The minimum absolute atomic E-state index is 0.552. The Labute approximate surface area is 107 Å². The molecule has 0 saturated heterocycles. The van der Waals surface area contributed by atoms with Crippen LogP contribution in [0.1, 0.15) is 16.7 Å². The maximum atomic E-state index is 5.20. The van der Waals surface area contributed by atoms with E-state index in [4.69, 9.17) is 17.0 Å². The maximum Gasteiger partial charge on any atom is 0.191 e. The molecule has 0 N–H and O–H groups in total. The molecule has 0 unspecified atom stereocenters. The summed E-state index contributed by atoms with van der Waals surface area (Å²) in [6, 6.07) is 18.5. The van der Waals surface area contributed by atoms with E-state index in [9.17, 15) is 0 Å². The molecule has 2 rings (SSSR count). The highest BCUT2D eigenvalue weighted by Gasteiger charge is 2.07. The zero-order valence-corrected chi connectivity index (χ0v) is 10.5. The summed E-state index contributed by atoms with van der Waals surface area (Å²) in [5, 5.41) is 0.552. The van der Waals surface area contributed by atoms with Crippen molar-refractivity contribution < 1.29 is 4.74 Å². The molecule has 0 atom stereocenters. The van der Waals surface area contributed by atoms with Crippen LogP contribution in [0.5, 0.6) is 0 Å². The first-order valence-electron chi connectivity index (χ1n) is 5.51. The fourth-order valence-corrected chi connectivity index (χ4v) is 2.00. The molecule has 0 bridgehead atoms. The van der Waals surface area contributed by atoms with Gasteiger partial charge in [-0.05, 0) is 29.8 Å². The van der Waals surface area contributed by atoms with Gasteiger partial charge in [0.05, 0.1) is 7.11 Å². The molecule has 2 heteroatoms. The van der Waals surface area contributed by atoms with Crippen LogP contribution in [-0.4, -0.2) is 12.2 Å². The average molecular weight is 242 g/mol. The molecule has 0 heterocycles. The zero-order valence-electron chi connectivity index (χ0n) is 9.72. The Kier molecular flexibility index (Phi) is 3.89. The van der Waals surface area contributed by atoms with Crippen molar-refractivity contribution in [1.29, 1.82) is 0 Å². The second kappa shape index (κ2) is 5.60. The molecule has 1 nitrogen and oxygen atoms in total. The van der Waals surface area contributed by atoms with E-state index in [0.29, 0.717) is 5.05 Å². The van der Waals surface area contributed by atoms with E-state index in [1.54, 1.807) is 7.11 Å². The van der Waals surface area contributed by atoms with Gasteiger partial charge < -0.3 is 4.74 Å². The van der Waals surface area contributed by atoms with Crippen LogP contribution in [0.15, 0.2) is 54.6 Å². The summed E-state index contributed by atoms with van der Waals surface area (Å²) in [6.07, 6.45) is 0.876. The van der Waals surface area contributed by atoms with Gasteiger partial charge in [0.2, 0.25) is 0 Å². The van der Waals surface area contributed by atoms with Crippen LogP contribution in [0, 0.1) is 0 Å². The van der Waals surface area contributed by atoms with E-state index in [2.05, 4.69) is 18.2 Å². The van der Waals surface area contributed by atoms with Gasteiger partial charge in [-0.1, -0.05) is 54.6 Å². The number of rotatable bonds is 3. The lowest BCUT2D eigenvalue weighted by Crippen LogP contribution is -2.04. The number of methoxy groups -OCH3 is 1. The summed E-state index contributed by atoms with van der Waals surface area (Å²) in [4.78, 5) is 0. The van der Waals surface area contributed by atoms with Gasteiger partial charge in [-0.3, -0.25) is 0 Å². The quantitative estimate of drug-likeness (QED) is 0.761. The molecule has 2 aromatic rings. The van der Waals surface area contributed by atoms with Gasteiger partial charge >= 0.3 is 0 Å². The van der Waals surface area contributed by atoms with Gasteiger partial charge in [-0.25, -0.2) is 0 Å².